The predicted octanol–water partition coefficient (Wildman–Crippen LogP) is 1.67. The van der Waals surface area contributed by atoms with Gasteiger partial charge >= 0.3 is 0 Å². The van der Waals surface area contributed by atoms with E-state index < -0.39 is 0 Å². The second kappa shape index (κ2) is 2.82. The van der Waals surface area contributed by atoms with Crippen LogP contribution in [0.3, 0.4) is 0 Å². The number of fused-ring (bicyclic) bond motifs is 1. The lowest BCUT2D eigenvalue weighted by Crippen LogP contribution is -2.05. The van der Waals surface area contributed by atoms with Gasteiger partial charge in [-0.1, -0.05) is 6.07 Å². The molecule has 3 nitrogen and oxygen atoms in total. The molecular formula is C11H13N3. The Labute approximate surface area is 82.6 Å². The number of aromatic nitrogens is 2. The van der Waals surface area contributed by atoms with Gasteiger partial charge in [-0.2, -0.15) is 0 Å². The Balaban J connectivity index is 2.29. The van der Waals surface area contributed by atoms with Crippen LogP contribution in [0.1, 0.15) is 30.3 Å². The smallest absolute Gasteiger partial charge is 0.116 e. The molecule has 14 heavy (non-hydrogen) atoms. The molecule has 72 valence electrons. The lowest BCUT2D eigenvalue weighted by Gasteiger charge is -2.05. The van der Waals surface area contributed by atoms with Crippen LogP contribution in [0.2, 0.25) is 0 Å². The summed E-state index contributed by atoms with van der Waals surface area (Å²) in [4.78, 5) is 4.47. The summed E-state index contributed by atoms with van der Waals surface area (Å²) in [5.41, 5.74) is 8.03. The molecule has 0 unspecified atom stereocenters. The van der Waals surface area contributed by atoms with Crippen molar-refractivity contribution in [3.05, 3.63) is 35.9 Å². The molecule has 3 rings (SSSR count). The number of imidazole rings is 1. The van der Waals surface area contributed by atoms with Crippen molar-refractivity contribution in [2.45, 2.75) is 25.3 Å². The second-order valence-electron chi connectivity index (χ2n) is 3.87. The summed E-state index contributed by atoms with van der Waals surface area (Å²) in [6, 6.07) is 6.19. The molecule has 1 aliphatic rings. The van der Waals surface area contributed by atoms with E-state index in [4.69, 9.17) is 5.73 Å². The van der Waals surface area contributed by atoms with Gasteiger partial charge in [-0.3, -0.25) is 4.40 Å². The highest BCUT2D eigenvalue weighted by Gasteiger charge is 2.28. The monoisotopic (exact) mass is 187 g/mol. The normalized spacial score (nSPS) is 16.4. The van der Waals surface area contributed by atoms with Crippen molar-refractivity contribution in [2.24, 2.45) is 5.73 Å². The molecule has 2 aromatic rings. The van der Waals surface area contributed by atoms with E-state index in [1.807, 2.05) is 12.3 Å². The highest BCUT2D eigenvalue weighted by molar-refractivity contribution is 5.48. The molecule has 0 atom stereocenters. The minimum absolute atomic E-state index is 0.577. The molecule has 0 saturated heterocycles. The van der Waals surface area contributed by atoms with Crippen LogP contribution in [0, 0.1) is 0 Å². The Bertz CT molecular complexity index is 468. The van der Waals surface area contributed by atoms with Crippen molar-refractivity contribution < 1.29 is 0 Å². The molecule has 1 fully saturated rings. The summed E-state index contributed by atoms with van der Waals surface area (Å²) in [5, 5.41) is 0. The molecule has 2 aromatic heterocycles. The van der Waals surface area contributed by atoms with Crippen LogP contribution in [0.4, 0.5) is 0 Å². The summed E-state index contributed by atoms with van der Waals surface area (Å²) < 4.78 is 2.21. The molecule has 1 saturated carbocycles. The van der Waals surface area contributed by atoms with Gasteiger partial charge in [0, 0.05) is 18.2 Å². The van der Waals surface area contributed by atoms with Crippen molar-refractivity contribution in [3.8, 4) is 0 Å². The van der Waals surface area contributed by atoms with Crippen LogP contribution >= 0.6 is 0 Å². The summed E-state index contributed by atoms with van der Waals surface area (Å²) in [6.45, 7) is 0.577. The first-order chi connectivity index (χ1) is 6.90. The number of nitrogens with two attached hydrogens (primary N) is 1. The predicted molar refractivity (Wildman–Crippen MR) is 55.1 cm³/mol. The Kier molecular flexibility index (Phi) is 1.61. The molecule has 0 aliphatic heterocycles. The van der Waals surface area contributed by atoms with E-state index in [9.17, 15) is 0 Å². The van der Waals surface area contributed by atoms with Crippen LogP contribution in [0.25, 0.3) is 5.52 Å². The fourth-order valence-corrected chi connectivity index (χ4v) is 1.93. The average Bonchev–Trinajstić information content (AvgIpc) is 2.97. The van der Waals surface area contributed by atoms with Gasteiger partial charge < -0.3 is 5.73 Å². The van der Waals surface area contributed by atoms with Crippen molar-refractivity contribution >= 4 is 5.52 Å². The highest BCUT2D eigenvalue weighted by atomic mass is 15.0. The summed E-state index contributed by atoms with van der Waals surface area (Å²) in [5.74, 6) is 1.87. The molecule has 2 heterocycles. The third kappa shape index (κ3) is 1.06. The van der Waals surface area contributed by atoms with Crippen molar-refractivity contribution in [1.29, 1.82) is 0 Å². The largest absolute Gasteiger partial charge is 0.325 e. The van der Waals surface area contributed by atoms with Gasteiger partial charge in [-0.15, -0.1) is 0 Å². The van der Waals surface area contributed by atoms with Crippen molar-refractivity contribution in [3.63, 3.8) is 0 Å². The standard InChI is InChI=1S/C11H13N3/c12-6-9-2-1-3-10-7-13-11(14(9)10)8-4-5-8/h1-3,7-8H,4-6,12H2. The highest BCUT2D eigenvalue weighted by Crippen LogP contribution is 2.39. The zero-order valence-electron chi connectivity index (χ0n) is 7.98. The molecular weight excluding hydrogens is 174 g/mol. The van der Waals surface area contributed by atoms with Gasteiger partial charge in [0.15, 0.2) is 0 Å². The maximum atomic E-state index is 5.72. The van der Waals surface area contributed by atoms with E-state index in [1.165, 1.54) is 18.7 Å². The zero-order valence-corrected chi connectivity index (χ0v) is 7.98. The van der Waals surface area contributed by atoms with Gasteiger partial charge in [-0.25, -0.2) is 4.98 Å². The average molecular weight is 187 g/mol. The Hall–Kier alpha value is -1.35. The van der Waals surface area contributed by atoms with Gasteiger partial charge in [0.05, 0.1) is 11.7 Å². The molecule has 2 N–H and O–H groups in total. The molecule has 0 spiro atoms. The Morgan fingerprint density at radius 1 is 1.43 bits per heavy atom. The van der Waals surface area contributed by atoms with Gasteiger partial charge in [0.25, 0.3) is 0 Å². The van der Waals surface area contributed by atoms with Gasteiger partial charge in [0.2, 0.25) is 0 Å². The van der Waals surface area contributed by atoms with Crippen LogP contribution in [-0.2, 0) is 6.54 Å². The minimum atomic E-state index is 0.577. The van der Waals surface area contributed by atoms with E-state index in [0.29, 0.717) is 12.5 Å². The lowest BCUT2D eigenvalue weighted by molar-refractivity contribution is 0.855. The van der Waals surface area contributed by atoms with E-state index in [0.717, 1.165) is 11.2 Å². The number of pyridine rings is 1. The lowest BCUT2D eigenvalue weighted by atomic mass is 10.3. The van der Waals surface area contributed by atoms with Gasteiger partial charge in [-0.05, 0) is 25.0 Å². The molecule has 0 aromatic carbocycles. The molecule has 1 aliphatic carbocycles. The maximum Gasteiger partial charge on any atom is 0.116 e. The first kappa shape index (κ1) is 8.00. The third-order valence-corrected chi connectivity index (χ3v) is 2.81. The first-order valence-corrected chi connectivity index (χ1v) is 5.05. The van der Waals surface area contributed by atoms with Crippen LogP contribution in [0.15, 0.2) is 24.4 Å². The quantitative estimate of drug-likeness (QED) is 0.777. The number of nitrogens with zero attached hydrogens (tertiary/aromatic N) is 2. The summed E-state index contributed by atoms with van der Waals surface area (Å²) >= 11 is 0. The third-order valence-electron chi connectivity index (χ3n) is 2.81. The number of hydrogen-bond acceptors (Lipinski definition) is 2. The fraction of sp³-hybridized carbons (Fsp3) is 0.364. The minimum Gasteiger partial charge on any atom is -0.325 e. The van der Waals surface area contributed by atoms with Crippen molar-refractivity contribution in [2.75, 3.05) is 0 Å². The van der Waals surface area contributed by atoms with Crippen LogP contribution in [0.5, 0.6) is 0 Å². The second-order valence-corrected chi connectivity index (χ2v) is 3.87. The first-order valence-electron chi connectivity index (χ1n) is 5.05. The number of hydrogen-bond donors (Lipinski definition) is 1. The van der Waals surface area contributed by atoms with E-state index in [1.54, 1.807) is 0 Å². The Morgan fingerprint density at radius 3 is 3.00 bits per heavy atom. The molecule has 0 bridgehead atoms. The van der Waals surface area contributed by atoms with E-state index >= 15 is 0 Å². The summed E-state index contributed by atoms with van der Waals surface area (Å²) in [7, 11) is 0. The Morgan fingerprint density at radius 2 is 2.29 bits per heavy atom. The van der Waals surface area contributed by atoms with E-state index in [2.05, 4.69) is 21.5 Å². The molecule has 0 amide bonds. The molecule has 0 radical (unpaired) electrons. The SMILES string of the molecule is NCc1cccc2cnc(C3CC3)n12. The maximum absolute atomic E-state index is 5.72. The van der Waals surface area contributed by atoms with Crippen LogP contribution < -0.4 is 5.73 Å². The van der Waals surface area contributed by atoms with E-state index in [-0.39, 0.29) is 0 Å². The van der Waals surface area contributed by atoms with Crippen molar-refractivity contribution in [1.82, 2.24) is 9.38 Å². The summed E-state index contributed by atoms with van der Waals surface area (Å²) in [6.07, 6.45) is 4.49. The number of rotatable bonds is 2. The zero-order chi connectivity index (χ0) is 9.54. The topological polar surface area (TPSA) is 43.3 Å². The van der Waals surface area contributed by atoms with Crippen LogP contribution in [-0.4, -0.2) is 9.38 Å². The van der Waals surface area contributed by atoms with Gasteiger partial charge in [0.1, 0.15) is 5.82 Å². The molecule has 3 heteroatoms. The fourth-order valence-electron chi connectivity index (χ4n) is 1.93.